The molecular weight excluding hydrogens is 358 g/mol. The highest BCUT2D eigenvalue weighted by molar-refractivity contribution is 7.90. The second-order valence-electron chi connectivity index (χ2n) is 6.61. The van der Waals surface area contributed by atoms with Crippen molar-refractivity contribution in [2.24, 2.45) is 4.99 Å². The SMILES string of the molecule is CN=C(NCc1ccc(S(C)(=O)=O)cc1)N1CC=C(c2ccccc2)CC1. The van der Waals surface area contributed by atoms with Gasteiger partial charge in [-0.05, 0) is 35.3 Å². The first-order valence-electron chi connectivity index (χ1n) is 8.96. The smallest absolute Gasteiger partial charge is 0.194 e. The number of sulfone groups is 1. The molecule has 2 aromatic rings. The van der Waals surface area contributed by atoms with E-state index in [1.165, 1.54) is 17.4 Å². The largest absolute Gasteiger partial charge is 0.352 e. The van der Waals surface area contributed by atoms with Gasteiger partial charge in [0.1, 0.15) is 0 Å². The van der Waals surface area contributed by atoms with Crippen LogP contribution in [0.15, 0.2) is 70.6 Å². The van der Waals surface area contributed by atoms with Crippen LogP contribution >= 0.6 is 0 Å². The number of guanidine groups is 1. The van der Waals surface area contributed by atoms with Crippen LogP contribution in [0.1, 0.15) is 17.5 Å². The van der Waals surface area contributed by atoms with Gasteiger partial charge in [-0.1, -0.05) is 48.5 Å². The van der Waals surface area contributed by atoms with E-state index in [2.05, 4.69) is 45.6 Å². The Hall–Kier alpha value is -2.60. The molecule has 142 valence electrons. The van der Waals surface area contributed by atoms with Crippen molar-refractivity contribution in [2.75, 3.05) is 26.4 Å². The van der Waals surface area contributed by atoms with Gasteiger partial charge >= 0.3 is 0 Å². The predicted octanol–water partition coefficient (Wildman–Crippen LogP) is 2.95. The molecule has 0 fully saturated rings. The zero-order chi connectivity index (χ0) is 19.3. The Balaban J connectivity index is 1.59. The van der Waals surface area contributed by atoms with Gasteiger partial charge in [-0.15, -0.1) is 0 Å². The predicted molar refractivity (Wildman–Crippen MR) is 110 cm³/mol. The molecular formula is C21H25N3O2S. The standard InChI is InChI=1S/C21H25N3O2S/c1-22-21(23-16-17-8-10-20(11-9-17)27(2,25)26)24-14-12-19(13-15-24)18-6-4-3-5-7-18/h3-12H,13-16H2,1-2H3,(H,22,23). The lowest BCUT2D eigenvalue weighted by Gasteiger charge is -2.29. The van der Waals surface area contributed by atoms with Crippen LogP contribution in [0.3, 0.4) is 0 Å². The van der Waals surface area contributed by atoms with Crippen molar-refractivity contribution in [3.05, 3.63) is 71.8 Å². The van der Waals surface area contributed by atoms with Crippen molar-refractivity contribution in [2.45, 2.75) is 17.9 Å². The maximum atomic E-state index is 11.5. The van der Waals surface area contributed by atoms with E-state index < -0.39 is 9.84 Å². The van der Waals surface area contributed by atoms with Crippen LogP contribution in [0, 0.1) is 0 Å². The fraction of sp³-hybridized carbons (Fsp3) is 0.286. The summed E-state index contributed by atoms with van der Waals surface area (Å²) in [6.07, 6.45) is 4.45. The Morgan fingerprint density at radius 2 is 1.81 bits per heavy atom. The van der Waals surface area contributed by atoms with Crippen LogP contribution in [0.4, 0.5) is 0 Å². The summed E-state index contributed by atoms with van der Waals surface area (Å²) in [6.45, 7) is 2.33. The third-order valence-electron chi connectivity index (χ3n) is 4.67. The van der Waals surface area contributed by atoms with E-state index in [1.54, 1.807) is 19.2 Å². The highest BCUT2D eigenvalue weighted by Crippen LogP contribution is 2.22. The molecule has 27 heavy (non-hydrogen) atoms. The maximum absolute atomic E-state index is 11.5. The minimum atomic E-state index is -3.16. The van der Waals surface area contributed by atoms with Crippen molar-refractivity contribution in [1.29, 1.82) is 0 Å². The lowest BCUT2D eigenvalue weighted by molar-refractivity contribution is 0.440. The van der Waals surface area contributed by atoms with Gasteiger partial charge in [0.15, 0.2) is 15.8 Å². The highest BCUT2D eigenvalue weighted by atomic mass is 32.2. The van der Waals surface area contributed by atoms with Gasteiger partial charge < -0.3 is 10.2 Å². The minimum Gasteiger partial charge on any atom is -0.352 e. The van der Waals surface area contributed by atoms with Gasteiger partial charge in [0.2, 0.25) is 0 Å². The molecule has 0 unspecified atom stereocenters. The quantitative estimate of drug-likeness (QED) is 0.651. The molecule has 0 amide bonds. The van der Waals surface area contributed by atoms with Gasteiger partial charge in [0.25, 0.3) is 0 Å². The summed E-state index contributed by atoms with van der Waals surface area (Å²) in [4.78, 5) is 6.95. The van der Waals surface area contributed by atoms with Crippen molar-refractivity contribution in [3.8, 4) is 0 Å². The normalized spacial score (nSPS) is 15.4. The van der Waals surface area contributed by atoms with Crippen LogP contribution in [-0.4, -0.2) is 45.7 Å². The van der Waals surface area contributed by atoms with Crippen molar-refractivity contribution in [1.82, 2.24) is 10.2 Å². The third-order valence-corrected chi connectivity index (χ3v) is 5.80. The van der Waals surface area contributed by atoms with Crippen molar-refractivity contribution < 1.29 is 8.42 Å². The Morgan fingerprint density at radius 3 is 2.37 bits per heavy atom. The molecule has 0 radical (unpaired) electrons. The Morgan fingerprint density at radius 1 is 1.11 bits per heavy atom. The van der Waals surface area contributed by atoms with Gasteiger partial charge in [-0.25, -0.2) is 8.42 Å². The molecule has 3 rings (SSSR count). The molecule has 0 aliphatic carbocycles. The molecule has 0 aromatic heterocycles. The molecule has 0 bridgehead atoms. The molecule has 1 aliphatic heterocycles. The molecule has 5 nitrogen and oxygen atoms in total. The molecule has 1 heterocycles. The zero-order valence-corrected chi connectivity index (χ0v) is 16.5. The minimum absolute atomic E-state index is 0.338. The number of hydrogen-bond donors (Lipinski definition) is 1. The highest BCUT2D eigenvalue weighted by Gasteiger charge is 2.16. The van der Waals surface area contributed by atoms with Crippen LogP contribution in [0.5, 0.6) is 0 Å². The number of nitrogens with zero attached hydrogens (tertiary/aromatic N) is 2. The van der Waals surface area contributed by atoms with E-state index in [1.807, 2.05) is 18.2 Å². The van der Waals surface area contributed by atoms with Crippen LogP contribution in [-0.2, 0) is 16.4 Å². The van der Waals surface area contributed by atoms with Crippen LogP contribution < -0.4 is 5.32 Å². The van der Waals surface area contributed by atoms with Crippen LogP contribution in [0.2, 0.25) is 0 Å². The van der Waals surface area contributed by atoms with E-state index in [4.69, 9.17) is 0 Å². The third kappa shape index (κ3) is 4.98. The summed E-state index contributed by atoms with van der Waals surface area (Å²) in [5.74, 6) is 0.852. The fourth-order valence-corrected chi connectivity index (χ4v) is 3.77. The summed E-state index contributed by atoms with van der Waals surface area (Å²) >= 11 is 0. The molecule has 0 saturated carbocycles. The number of hydrogen-bond acceptors (Lipinski definition) is 3. The summed E-state index contributed by atoms with van der Waals surface area (Å²) in [5, 5.41) is 3.37. The number of nitrogens with one attached hydrogen (secondary N) is 1. The molecule has 0 spiro atoms. The summed E-state index contributed by atoms with van der Waals surface area (Å²) in [7, 11) is -1.38. The van der Waals surface area contributed by atoms with Crippen molar-refractivity contribution >= 4 is 21.4 Å². The first kappa shape index (κ1) is 19.2. The molecule has 2 aromatic carbocycles. The Kier molecular flexibility index (Phi) is 5.96. The number of benzene rings is 2. The zero-order valence-electron chi connectivity index (χ0n) is 15.7. The Labute approximate surface area is 161 Å². The van der Waals surface area contributed by atoms with Gasteiger partial charge in [0.05, 0.1) is 4.90 Å². The number of rotatable bonds is 4. The fourth-order valence-electron chi connectivity index (χ4n) is 3.14. The lowest BCUT2D eigenvalue weighted by atomic mass is 10.00. The Bertz CT molecular complexity index is 933. The van der Waals surface area contributed by atoms with Crippen molar-refractivity contribution in [3.63, 3.8) is 0 Å². The monoisotopic (exact) mass is 383 g/mol. The van der Waals surface area contributed by atoms with Crippen LogP contribution in [0.25, 0.3) is 5.57 Å². The first-order chi connectivity index (χ1) is 13.0. The van der Waals surface area contributed by atoms with Gasteiger partial charge in [0, 0.05) is 32.9 Å². The molecule has 6 heteroatoms. The second kappa shape index (κ2) is 8.39. The van der Waals surface area contributed by atoms with E-state index in [0.717, 1.165) is 31.0 Å². The molecule has 1 N–H and O–H groups in total. The summed E-state index contributed by atoms with van der Waals surface area (Å²) < 4.78 is 23.1. The number of aliphatic imine (C=N–C) groups is 1. The summed E-state index contributed by atoms with van der Waals surface area (Å²) in [6, 6.07) is 17.4. The van der Waals surface area contributed by atoms with Gasteiger partial charge in [-0.2, -0.15) is 0 Å². The lowest BCUT2D eigenvalue weighted by Crippen LogP contribution is -2.43. The average molecular weight is 384 g/mol. The second-order valence-corrected chi connectivity index (χ2v) is 8.62. The van der Waals surface area contributed by atoms with E-state index >= 15 is 0 Å². The topological polar surface area (TPSA) is 61.8 Å². The molecule has 0 atom stereocenters. The summed E-state index contributed by atoms with van der Waals surface area (Å²) in [5.41, 5.74) is 3.67. The van der Waals surface area contributed by atoms with E-state index in [0.29, 0.717) is 11.4 Å². The average Bonchev–Trinajstić information content (AvgIpc) is 2.69. The van der Waals surface area contributed by atoms with E-state index in [-0.39, 0.29) is 0 Å². The molecule has 0 saturated heterocycles. The maximum Gasteiger partial charge on any atom is 0.194 e. The molecule has 1 aliphatic rings. The van der Waals surface area contributed by atoms with Gasteiger partial charge in [-0.3, -0.25) is 4.99 Å². The first-order valence-corrected chi connectivity index (χ1v) is 10.9. The van der Waals surface area contributed by atoms with E-state index in [9.17, 15) is 8.42 Å².